The summed E-state index contributed by atoms with van der Waals surface area (Å²) in [6, 6.07) is 40.9. The van der Waals surface area contributed by atoms with Crippen molar-refractivity contribution in [3.05, 3.63) is 145 Å². The van der Waals surface area contributed by atoms with Crippen LogP contribution in [0.1, 0.15) is 0 Å². The standard InChI is InChI=1S/C32H23ClN2O4/c33-24-21-22-29(38-31(36)34(25-13-5-1-6-14-25)26-15-7-2-8-16-26)30(23-24)39-32(37)35(27-17-9-3-10-18-27)28-19-11-4-12-20-28/h1-23H. The molecule has 0 N–H and O–H groups in total. The summed E-state index contributed by atoms with van der Waals surface area (Å²) in [5.74, 6) is 0.0365. The minimum absolute atomic E-state index is 0.00112. The van der Waals surface area contributed by atoms with Gasteiger partial charge in [0, 0.05) is 11.1 Å². The lowest BCUT2D eigenvalue weighted by molar-refractivity contribution is 0.200. The van der Waals surface area contributed by atoms with Crippen LogP contribution in [0.25, 0.3) is 0 Å². The van der Waals surface area contributed by atoms with Gasteiger partial charge < -0.3 is 9.47 Å². The maximum atomic E-state index is 13.5. The molecule has 0 aliphatic heterocycles. The highest BCUT2D eigenvalue weighted by Crippen LogP contribution is 2.35. The van der Waals surface area contributed by atoms with Gasteiger partial charge in [-0.2, -0.15) is 0 Å². The van der Waals surface area contributed by atoms with Gasteiger partial charge in [-0.1, -0.05) is 84.4 Å². The molecule has 39 heavy (non-hydrogen) atoms. The SMILES string of the molecule is O=C(Oc1ccc(Cl)cc1OC(=O)N(c1ccccc1)c1ccccc1)N(c1ccccc1)c1ccccc1. The predicted molar refractivity (Wildman–Crippen MR) is 154 cm³/mol. The number of amides is 2. The molecule has 0 aromatic heterocycles. The number of halogens is 1. The molecule has 192 valence electrons. The van der Waals surface area contributed by atoms with E-state index in [1.807, 2.05) is 72.8 Å². The summed E-state index contributed by atoms with van der Waals surface area (Å²) in [6.07, 6.45) is -1.38. The fourth-order valence-electron chi connectivity index (χ4n) is 3.95. The van der Waals surface area contributed by atoms with Gasteiger partial charge in [-0.15, -0.1) is 0 Å². The van der Waals surface area contributed by atoms with E-state index in [0.29, 0.717) is 27.8 Å². The lowest BCUT2D eigenvalue weighted by atomic mass is 10.2. The molecule has 0 aliphatic rings. The number of para-hydroxylation sites is 4. The summed E-state index contributed by atoms with van der Waals surface area (Å²) < 4.78 is 11.6. The average Bonchev–Trinajstić information content (AvgIpc) is 2.97. The highest BCUT2D eigenvalue weighted by molar-refractivity contribution is 6.30. The molecule has 0 unspecified atom stereocenters. The summed E-state index contributed by atoms with van der Waals surface area (Å²) in [7, 11) is 0. The van der Waals surface area contributed by atoms with E-state index in [4.69, 9.17) is 21.1 Å². The van der Waals surface area contributed by atoms with Crippen molar-refractivity contribution in [2.24, 2.45) is 0 Å². The van der Waals surface area contributed by atoms with Crippen LogP contribution in [-0.4, -0.2) is 12.2 Å². The molecule has 0 spiro atoms. The lowest BCUT2D eigenvalue weighted by Gasteiger charge is -2.24. The van der Waals surface area contributed by atoms with E-state index < -0.39 is 12.2 Å². The molecule has 0 saturated heterocycles. The highest BCUT2D eigenvalue weighted by Gasteiger charge is 2.25. The van der Waals surface area contributed by atoms with Gasteiger partial charge in [-0.25, -0.2) is 19.4 Å². The van der Waals surface area contributed by atoms with Crippen molar-refractivity contribution < 1.29 is 19.1 Å². The van der Waals surface area contributed by atoms with E-state index in [1.54, 1.807) is 54.6 Å². The van der Waals surface area contributed by atoms with Crippen LogP contribution in [0.2, 0.25) is 5.02 Å². The van der Waals surface area contributed by atoms with Gasteiger partial charge in [0.15, 0.2) is 11.5 Å². The predicted octanol–water partition coefficient (Wildman–Crippen LogP) is 9.01. The fourth-order valence-corrected chi connectivity index (χ4v) is 4.12. The van der Waals surface area contributed by atoms with Crippen molar-refractivity contribution in [3.8, 4) is 11.5 Å². The first kappa shape index (κ1) is 25.6. The van der Waals surface area contributed by atoms with E-state index in [2.05, 4.69) is 0 Å². The summed E-state index contributed by atoms with van der Waals surface area (Å²) in [5, 5.41) is 0.312. The molecule has 5 rings (SSSR count). The number of carbonyl (C=O) groups excluding carboxylic acids is 2. The molecule has 0 radical (unpaired) electrons. The van der Waals surface area contributed by atoms with Crippen LogP contribution in [0.3, 0.4) is 0 Å². The number of hydrogen-bond donors (Lipinski definition) is 0. The Morgan fingerprint density at radius 3 is 1.15 bits per heavy atom. The Labute approximate surface area is 231 Å². The van der Waals surface area contributed by atoms with Crippen molar-refractivity contribution in [2.75, 3.05) is 9.80 Å². The van der Waals surface area contributed by atoms with Gasteiger partial charge in [0.05, 0.1) is 22.7 Å². The van der Waals surface area contributed by atoms with E-state index in [-0.39, 0.29) is 11.5 Å². The van der Waals surface area contributed by atoms with Crippen molar-refractivity contribution in [2.45, 2.75) is 0 Å². The van der Waals surface area contributed by atoms with Gasteiger partial charge in [0.1, 0.15) is 0 Å². The van der Waals surface area contributed by atoms with Gasteiger partial charge in [0.25, 0.3) is 0 Å². The molecule has 0 heterocycles. The Bertz CT molecular complexity index is 1470. The molecule has 2 amide bonds. The number of rotatable bonds is 6. The number of nitrogens with zero attached hydrogens (tertiary/aromatic N) is 2. The van der Waals surface area contributed by atoms with Crippen molar-refractivity contribution >= 4 is 46.5 Å². The second-order valence-corrected chi connectivity index (χ2v) is 8.78. The Morgan fingerprint density at radius 2 is 0.795 bits per heavy atom. The molecule has 6 nitrogen and oxygen atoms in total. The molecular weight excluding hydrogens is 512 g/mol. The second kappa shape index (κ2) is 12.0. The first-order chi connectivity index (χ1) is 19.1. The summed E-state index contributed by atoms with van der Waals surface area (Å²) in [6.45, 7) is 0. The third-order valence-electron chi connectivity index (χ3n) is 5.72. The molecule has 0 aliphatic carbocycles. The van der Waals surface area contributed by atoms with Gasteiger partial charge >= 0.3 is 12.2 Å². The minimum Gasteiger partial charge on any atom is -0.406 e. The van der Waals surface area contributed by atoms with Crippen molar-refractivity contribution in [3.63, 3.8) is 0 Å². The Hall–Kier alpha value is -5.07. The molecule has 0 fully saturated rings. The number of hydrogen-bond acceptors (Lipinski definition) is 4. The van der Waals surface area contributed by atoms with Crippen LogP contribution >= 0.6 is 11.6 Å². The molecule has 0 saturated carbocycles. The van der Waals surface area contributed by atoms with Crippen LogP contribution in [-0.2, 0) is 0 Å². The molecule has 0 bridgehead atoms. The molecule has 7 heteroatoms. The molecule has 5 aromatic rings. The Morgan fingerprint density at radius 1 is 0.462 bits per heavy atom. The van der Waals surface area contributed by atoms with Crippen LogP contribution in [0.5, 0.6) is 11.5 Å². The zero-order chi connectivity index (χ0) is 27.0. The second-order valence-electron chi connectivity index (χ2n) is 8.34. The topological polar surface area (TPSA) is 59.1 Å². The highest BCUT2D eigenvalue weighted by atomic mass is 35.5. The molecular formula is C32H23ClN2O4. The maximum Gasteiger partial charge on any atom is 0.424 e. The monoisotopic (exact) mass is 534 g/mol. The van der Waals surface area contributed by atoms with Crippen molar-refractivity contribution in [1.82, 2.24) is 0 Å². The maximum absolute atomic E-state index is 13.5. The Balaban J connectivity index is 1.46. The smallest absolute Gasteiger partial charge is 0.406 e. The van der Waals surface area contributed by atoms with Gasteiger partial charge in [0.2, 0.25) is 0 Å². The summed E-state index contributed by atoms with van der Waals surface area (Å²) in [5.41, 5.74) is 2.43. The van der Waals surface area contributed by atoms with E-state index in [1.165, 1.54) is 21.9 Å². The van der Waals surface area contributed by atoms with Crippen LogP contribution < -0.4 is 19.3 Å². The minimum atomic E-state index is -0.699. The van der Waals surface area contributed by atoms with Crippen LogP contribution in [0, 0.1) is 0 Å². The summed E-state index contributed by atoms with van der Waals surface area (Å²) >= 11 is 6.25. The first-order valence-corrected chi connectivity index (χ1v) is 12.5. The van der Waals surface area contributed by atoms with Gasteiger partial charge in [-0.3, -0.25) is 0 Å². The van der Waals surface area contributed by atoms with Crippen LogP contribution in [0.15, 0.2) is 140 Å². The average molecular weight is 535 g/mol. The third-order valence-corrected chi connectivity index (χ3v) is 5.96. The van der Waals surface area contributed by atoms with Gasteiger partial charge in [-0.05, 0) is 60.7 Å². The number of benzene rings is 5. The van der Waals surface area contributed by atoms with Crippen LogP contribution in [0.4, 0.5) is 32.3 Å². The number of anilines is 4. The quantitative estimate of drug-likeness (QED) is 0.218. The zero-order valence-electron chi connectivity index (χ0n) is 20.7. The summed E-state index contributed by atoms with van der Waals surface area (Å²) in [4.78, 5) is 29.9. The normalized spacial score (nSPS) is 10.4. The molecule has 5 aromatic carbocycles. The Kier molecular flexibility index (Phi) is 7.86. The van der Waals surface area contributed by atoms with E-state index >= 15 is 0 Å². The number of ether oxygens (including phenoxy) is 2. The zero-order valence-corrected chi connectivity index (χ0v) is 21.4. The fraction of sp³-hybridized carbons (Fsp3) is 0. The lowest BCUT2D eigenvalue weighted by Crippen LogP contribution is -2.31. The molecule has 0 atom stereocenters. The first-order valence-electron chi connectivity index (χ1n) is 12.1. The largest absolute Gasteiger partial charge is 0.424 e. The van der Waals surface area contributed by atoms with Crippen molar-refractivity contribution in [1.29, 1.82) is 0 Å². The van der Waals surface area contributed by atoms with E-state index in [9.17, 15) is 9.59 Å². The number of carbonyl (C=O) groups is 2. The third kappa shape index (κ3) is 6.09. The van der Waals surface area contributed by atoms with E-state index in [0.717, 1.165) is 0 Å².